The maximum Gasteiger partial charge on any atom is 0.232 e. The van der Waals surface area contributed by atoms with Gasteiger partial charge in [0.15, 0.2) is 0 Å². The van der Waals surface area contributed by atoms with Crippen molar-refractivity contribution < 1.29 is 9.53 Å². The summed E-state index contributed by atoms with van der Waals surface area (Å²) in [5, 5.41) is 2.04. The van der Waals surface area contributed by atoms with Gasteiger partial charge in [0, 0.05) is 19.6 Å². The molecule has 0 saturated carbocycles. The smallest absolute Gasteiger partial charge is 0.232 e. The molecule has 2 rings (SSSR count). The van der Waals surface area contributed by atoms with Crippen molar-refractivity contribution in [1.82, 2.24) is 4.90 Å². The predicted octanol–water partition coefficient (Wildman–Crippen LogP) is 1.83. The maximum atomic E-state index is 12.4. The molecule has 2 atom stereocenters. The highest BCUT2D eigenvalue weighted by molar-refractivity contribution is 9.11. The average molecular weight is 333 g/mol. The second kappa shape index (κ2) is 5.28. The molecule has 1 aliphatic heterocycles. The number of halogens is 1. The van der Waals surface area contributed by atoms with E-state index in [4.69, 9.17) is 10.5 Å². The number of carbonyl (C=O) groups is 1. The summed E-state index contributed by atoms with van der Waals surface area (Å²) in [6.45, 7) is 3.35. The van der Waals surface area contributed by atoms with E-state index in [0.717, 1.165) is 9.35 Å². The topological polar surface area (TPSA) is 55.6 Å². The molecule has 4 nitrogen and oxygen atoms in total. The van der Waals surface area contributed by atoms with Gasteiger partial charge in [-0.2, -0.15) is 0 Å². The molecular weight excluding hydrogens is 316 g/mol. The van der Waals surface area contributed by atoms with Gasteiger partial charge in [0.05, 0.1) is 22.4 Å². The zero-order valence-corrected chi connectivity index (χ0v) is 12.9. The molecule has 0 aliphatic carbocycles. The first-order chi connectivity index (χ1) is 8.43. The summed E-state index contributed by atoms with van der Waals surface area (Å²) in [6.07, 6.45) is 0. The fourth-order valence-corrected chi connectivity index (χ4v) is 3.32. The van der Waals surface area contributed by atoms with Crippen molar-refractivity contribution in [3.63, 3.8) is 0 Å². The minimum Gasteiger partial charge on any atom is -0.379 e. The van der Waals surface area contributed by atoms with E-state index in [1.54, 1.807) is 16.2 Å². The number of hydrogen-bond acceptors (Lipinski definition) is 4. The van der Waals surface area contributed by atoms with E-state index in [2.05, 4.69) is 15.9 Å². The Morgan fingerprint density at radius 2 is 2.50 bits per heavy atom. The number of nitrogens with two attached hydrogens (primary N) is 1. The van der Waals surface area contributed by atoms with Gasteiger partial charge in [-0.3, -0.25) is 4.79 Å². The Balaban J connectivity index is 2.05. The van der Waals surface area contributed by atoms with Crippen LogP contribution in [0.2, 0.25) is 0 Å². The van der Waals surface area contributed by atoms with E-state index < -0.39 is 5.41 Å². The van der Waals surface area contributed by atoms with Gasteiger partial charge in [-0.25, -0.2) is 0 Å². The summed E-state index contributed by atoms with van der Waals surface area (Å²) in [5.41, 5.74) is 6.50. The molecule has 100 valence electrons. The molecule has 1 amide bonds. The number of nitrogens with zero attached hydrogens (tertiary/aromatic N) is 1. The highest BCUT2D eigenvalue weighted by atomic mass is 79.9. The Morgan fingerprint density at radius 1 is 1.78 bits per heavy atom. The van der Waals surface area contributed by atoms with E-state index in [1.165, 1.54) is 0 Å². The Kier molecular flexibility index (Phi) is 4.11. The molecule has 0 radical (unpaired) electrons. The van der Waals surface area contributed by atoms with E-state index in [0.29, 0.717) is 19.8 Å². The molecule has 2 unspecified atom stereocenters. The summed E-state index contributed by atoms with van der Waals surface area (Å²) in [7, 11) is 1.81. The molecule has 0 bridgehead atoms. The van der Waals surface area contributed by atoms with Crippen LogP contribution in [0.3, 0.4) is 0 Å². The lowest BCUT2D eigenvalue weighted by atomic mass is 9.84. The first-order valence-electron chi connectivity index (χ1n) is 5.75. The molecule has 1 saturated heterocycles. The summed E-state index contributed by atoms with van der Waals surface area (Å²) in [5.74, 6) is 0.0508. The maximum absolute atomic E-state index is 12.4. The molecule has 1 aliphatic rings. The highest BCUT2D eigenvalue weighted by Crippen LogP contribution is 2.30. The third-order valence-electron chi connectivity index (χ3n) is 3.39. The van der Waals surface area contributed by atoms with E-state index in [9.17, 15) is 4.79 Å². The summed E-state index contributed by atoms with van der Waals surface area (Å²) in [4.78, 5) is 14.2. The summed E-state index contributed by atoms with van der Waals surface area (Å²) < 4.78 is 6.39. The number of hydrogen-bond donors (Lipinski definition) is 1. The molecule has 2 heterocycles. The fourth-order valence-electron chi connectivity index (χ4n) is 2.12. The Hall–Kier alpha value is -0.430. The van der Waals surface area contributed by atoms with Crippen LogP contribution in [0.25, 0.3) is 0 Å². The van der Waals surface area contributed by atoms with Crippen LogP contribution in [0, 0.1) is 5.41 Å². The van der Waals surface area contributed by atoms with Crippen molar-refractivity contribution in [1.29, 1.82) is 0 Å². The highest BCUT2D eigenvalue weighted by Gasteiger charge is 2.45. The number of amides is 1. The normalized spacial score (nSPS) is 27.4. The second-order valence-electron chi connectivity index (χ2n) is 4.96. The van der Waals surface area contributed by atoms with Crippen LogP contribution in [-0.4, -0.2) is 37.1 Å². The number of rotatable bonds is 3. The van der Waals surface area contributed by atoms with Crippen LogP contribution in [0.5, 0.6) is 0 Å². The Bertz CT molecular complexity index is 451. The quantitative estimate of drug-likeness (QED) is 0.918. The van der Waals surface area contributed by atoms with Crippen molar-refractivity contribution in [2.75, 3.05) is 20.3 Å². The first-order valence-corrected chi connectivity index (χ1v) is 7.42. The van der Waals surface area contributed by atoms with Gasteiger partial charge in [0.2, 0.25) is 5.91 Å². The summed E-state index contributed by atoms with van der Waals surface area (Å²) in [6, 6.07) is 1.81. The summed E-state index contributed by atoms with van der Waals surface area (Å²) >= 11 is 5.04. The van der Waals surface area contributed by atoms with Gasteiger partial charge in [0.1, 0.15) is 0 Å². The van der Waals surface area contributed by atoms with E-state index >= 15 is 0 Å². The van der Waals surface area contributed by atoms with Crippen LogP contribution in [-0.2, 0) is 16.1 Å². The monoisotopic (exact) mass is 332 g/mol. The van der Waals surface area contributed by atoms with Gasteiger partial charge in [0.25, 0.3) is 0 Å². The largest absolute Gasteiger partial charge is 0.379 e. The van der Waals surface area contributed by atoms with Crippen LogP contribution in [0.4, 0.5) is 0 Å². The van der Waals surface area contributed by atoms with Crippen molar-refractivity contribution >= 4 is 33.2 Å². The standard InChI is InChI=1S/C12H17BrN2O2S/c1-12(7-17-5-9(12)14)11(16)15(2)4-8-3-10(13)18-6-8/h3,6,9H,4-5,7,14H2,1-2H3. The van der Waals surface area contributed by atoms with Crippen LogP contribution in [0.1, 0.15) is 12.5 Å². The zero-order chi connectivity index (χ0) is 13.3. The van der Waals surface area contributed by atoms with E-state index in [-0.39, 0.29) is 11.9 Å². The van der Waals surface area contributed by atoms with E-state index in [1.807, 2.05) is 25.4 Å². The molecule has 0 spiro atoms. The van der Waals surface area contributed by atoms with Crippen molar-refractivity contribution in [2.24, 2.45) is 11.1 Å². The van der Waals surface area contributed by atoms with Gasteiger partial charge in [-0.1, -0.05) is 0 Å². The molecular formula is C12H17BrN2O2S. The van der Waals surface area contributed by atoms with Crippen molar-refractivity contribution in [2.45, 2.75) is 19.5 Å². The minimum absolute atomic E-state index is 0.0508. The van der Waals surface area contributed by atoms with Crippen molar-refractivity contribution in [3.05, 3.63) is 20.8 Å². The Labute approximate surface area is 119 Å². The second-order valence-corrected chi connectivity index (χ2v) is 7.25. The number of carbonyl (C=O) groups excluding carboxylic acids is 1. The molecule has 2 N–H and O–H groups in total. The molecule has 18 heavy (non-hydrogen) atoms. The molecule has 1 aromatic heterocycles. The lowest BCUT2D eigenvalue weighted by molar-refractivity contribution is -0.140. The van der Waals surface area contributed by atoms with Gasteiger partial charge in [-0.15, -0.1) is 11.3 Å². The predicted molar refractivity (Wildman–Crippen MR) is 75.4 cm³/mol. The van der Waals surface area contributed by atoms with Crippen LogP contribution in [0.15, 0.2) is 15.2 Å². The number of thiophene rings is 1. The van der Waals surface area contributed by atoms with Crippen LogP contribution >= 0.6 is 27.3 Å². The SMILES string of the molecule is CN(Cc1csc(Br)c1)C(=O)C1(C)COCC1N. The molecule has 1 aromatic rings. The molecule has 0 aromatic carbocycles. The lowest BCUT2D eigenvalue weighted by Gasteiger charge is -2.30. The molecule has 1 fully saturated rings. The third kappa shape index (κ3) is 2.61. The minimum atomic E-state index is -0.595. The number of ether oxygens (including phenoxy) is 1. The first kappa shape index (κ1) is 14.0. The average Bonchev–Trinajstić information content (AvgIpc) is 2.86. The molecule has 6 heteroatoms. The zero-order valence-electron chi connectivity index (χ0n) is 10.5. The van der Waals surface area contributed by atoms with Crippen LogP contribution < -0.4 is 5.73 Å². The van der Waals surface area contributed by atoms with Crippen molar-refractivity contribution in [3.8, 4) is 0 Å². The van der Waals surface area contributed by atoms with Gasteiger partial charge in [-0.05, 0) is 39.9 Å². The van der Waals surface area contributed by atoms with Gasteiger partial charge < -0.3 is 15.4 Å². The van der Waals surface area contributed by atoms with Gasteiger partial charge >= 0.3 is 0 Å². The Morgan fingerprint density at radius 3 is 3.00 bits per heavy atom. The lowest BCUT2D eigenvalue weighted by Crippen LogP contribution is -2.50. The third-order valence-corrected chi connectivity index (χ3v) is 4.95. The fraction of sp³-hybridized carbons (Fsp3) is 0.583.